The number of fused-ring (bicyclic) bond motifs is 11. The zero-order valence-corrected chi connectivity index (χ0v) is 27.2. The maximum Gasteiger partial charge on any atom is 0.0703 e. The molecular formula is C45H31NS. The highest BCUT2D eigenvalue weighted by atomic mass is 32.1. The third kappa shape index (κ3) is 3.61. The van der Waals surface area contributed by atoms with Gasteiger partial charge in [0, 0.05) is 32.6 Å². The van der Waals surface area contributed by atoms with Crippen LogP contribution >= 0.6 is 11.3 Å². The number of rotatable bonds is 2. The van der Waals surface area contributed by atoms with E-state index in [4.69, 9.17) is 0 Å². The monoisotopic (exact) mass is 617 g/mol. The first kappa shape index (κ1) is 26.8. The van der Waals surface area contributed by atoms with Crippen molar-refractivity contribution in [3.63, 3.8) is 0 Å². The van der Waals surface area contributed by atoms with Crippen LogP contribution in [0.3, 0.4) is 0 Å². The fourth-order valence-electron chi connectivity index (χ4n) is 8.74. The number of anilines is 1. The Labute approximate surface area is 279 Å². The highest BCUT2D eigenvalue weighted by molar-refractivity contribution is 7.22. The van der Waals surface area contributed by atoms with Crippen molar-refractivity contribution in [3.8, 4) is 10.4 Å². The van der Waals surface area contributed by atoms with Gasteiger partial charge in [0.05, 0.1) is 11.1 Å². The SMILES string of the molecule is CC1=CC=CC2=C(C=C=C=C2)N1c1ccc(C2=CC3=C(CC2)C2(c4ccccc43)c3ccc(C)cc3-c3sc4ccccc4c32)cc1. The summed E-state index contributed by atoms with van der Waals surface area (Å²) in [6.07, 6.45) is 15.1. The predicted octanol–water partition coefficient (Wildman–Crippen LogP) is 11.6. The lowest BCUT2D eigenvalue weighted by Crippen LogP contribution is -2.28. The smallest absolute Gasteiger partial charge is 0.0703 e. The number of hydrogen-bond acceptors (Lipinski definition) is 2. The molecule has 4 aromatic carbocycles. The average Bonchev–Trinajstić information content (AvgIpc) is 3.67. The van der Waals surface area contributed by atoms with Gasteiger partial charge in [-0.3, -0.25) is 0 Å². The molecule has 0 amide bonds. The van der Waals surface area contributed by atoms with Crippen molar-refractivity contribution >= 4 is 38.3 Å². The molecule has 4 aliphatic carbocycles. The van der Waals surface area contributed by atoms with Crippen LogP contribution in [0.15, 0.2) is 161 Å². The van der Waals surface area contributed by atoms with E-state index in [2.05, 4.69) is 146 Å². The third-order valence-corrected chi connectivity index (χ3v) is 11.9. The molecule has 47 heavy (non-hydrogen) atoms. The van der Waals surface area contributed by atoms with Gasteiger partial charge in [0.1, 0.15) is 0 Å². The molecule has 0 bridgehead atoms. The second kappa shape index (κ2) is 9.82. The van der Waals surface area contributed by atoms with Crippen molar-refractivity contribution in [2.75, 3.05) is 4.90 Å². The van der Waals surface area contributed by atoms with E-state index >= 15 is 0 Å². The van der Waals surface area contributed by atoms with E-state index in [0.717, 1.165) is 29.8 Å². The fraction of sp³-hybridized carbons (Fsp3) is 0.111. The molecule has 0 saturated carbocycles. The first-order valence-electron chi connectivity index (χ1n) is 16.5. The molecule has 222 valence electrons. The van der Waals surface area contributed by atoms with Gasteiger partial charge in [-0.05, 0) is 113 Å². The number of hydrogen-bond donors (Lipinski definition) is 0. The zero-order valence-electron chi connectivity index (χ0n) is 26.4. The maximum atomic E-state index is 3.16. The summed E-state index contributed by atoms with van der Waals surface area (Å²) in [7, 11) is 0. The molecule has 10 rings (SSSR count). The first-order chi connectivity index (χ1) is 23.1. The molecule has 5 aliphatic rings. The van der Waals surface area contributed by atoms with Crippen molar-refractivity contribution in [1.82, 2.24) is 0 Å². The summed E-state index contributed by atoms with van der Waals surface area (Å²) in [5.74, 6) is 0. The summed E-state index contributed by atoms with van der Waals surface area (Å²) in [6.45, 7) is 4.39. The van der Waals surface area contributed by atoms with Crippen LogP contribution in [0.5, 0.6) is 0 Å². The van der Waals surface area contributed by atoms with E-state index in [9.17, 15) is 0 Å². The van der Waals surface area contributed by atoms with Crippen LogP contribution in [-0.4, -0.2) is 0 Å². The van der Waals surface area contributed by atoms with Gasteiger partial charge in [-0.15, -0.1) is 11.3 Å². The highest BCUT2D eigenvalue weighted by Gasteiger charge is 2.54. The Balaban J connectivity index is 1.13. The standard InChI is InChI=1S/C45H31NS/c1-28-18-24-40-37(26-28)44-43(35-14-5-8-17-42(35)47-44)45(40)38-15-6-4-13-34(38)36-27-32(21-25-39(36)45)30-19-22-33(23-20-30)46-29(2)10-9-12-31-11-3-7-16-41(31)46/h4-6,8-20,22-24,26-27H,21,25H2,1-2H3. The van der Waals surface area contributed by atoms with Gasteiger partial charge in [0.2, 0.25) is 0 Å². The Morgan fingerprint density at radius 1 is 0.787 bits per heavy atom. The second-order valence-electron chi connectivity index (χ2n) is 13.2. The van der Waals surface area contributed by atoms with E-state index in [1.54, 1.807) is 5.57 Å². The molecule has 1 aliphatic heterocycles. The summed E-state index contributed by atoms with van der Waals surface area (Å²) in [5.41, 5.74) is 24.9. The normalized spacial score (nSPS) is 19.9. The molecular weight excluding hydrogens is 587 g/mol. The van der Waals surface area contributed by atoms with Crippen LogP contribution in [0.4, 0.5) is 5.69 Å². The minimum Gasteiger partial charge on any atom is -0.313 e. The summed E-state index contributed by atoms with van der Waals surface area (Å²) in [6, 6.07) is 34.6. The summed E-state index contributed by atoms with van der Waals surface area (Å²) >= 11 is 1.97. The summed E-state index contributed by atoms with van der Waals surface area (Å²) in [5, 5.41) is 1.40. The topological polar surface area (TPSA) is 3.24 Å². The molecule has 0 saturated heterocycles. The summed E-state index contributed by atoms with van der Waals surface area (Å²) in [4.78, 5) is 3.77. The van der Waals surface area contributed by atoms with E-state index in [1.165, 1.54) is 70.8 Å². The van der Waals surface area contributed by atoms with Crippen LogP contribution in [0.1, 0.15) is 53.1 Å². The number of thiophene rings is 1. The molecule has 0 N–H and O–H groups in total. The molecule has 1 atom stereocenters. The third-order valence-electron chi connectivity index (χ3n) is 10.7. The van der Waals surface area contributed by atoms with Gasteiger partial charge in [-0.2, -0.15) is 0 Å². The van der Waals surface area contributed by atoms with E-state index in [1.807, 2.05) is 23.5 Å². The first-order valence-corrected chi connectivity index (χ1v) is 17.3. The Kier molecular flexibility index (Phi) is 5.60. The molecule has 2 heteroatoms. The summed E-state index contributed by atoms with van der Waals surface area (Å²) < 4.78 is 1.38. The highest BCUT2D eigenvalue weighted by Crippen LogP contribution is 2.67. The second-order valence-corrected chi connectivity index (χ2v) is 14.2. The van der Waals surface area contributed by atoms with E-state index in [-0.39, 0.29) is 5.41 Å². The van der Waals surface area contributed by atoms with Gasteiger partial charge in [0.25, 0.3) is 0 Å². The fourth-order valence-corrected chi connectivity index (χ4v) is 10.0. The van der Waals surface area contributed by atoms with Crippen LogP contribution in [-0.2, 0) is 5.41 Å². The molecule has 0 fully saturated rings. The van der Waals surface area contributed by atoms with E-state index in [0.29, 0.717) is 0 Å². The molecule has 1 unspecified atom stereocenters. The quantitative estimate of drug-likeness (QED) is 0.178. The largest absolute Gasteiger partial charge is 0.313 e. The van der Waals surface area contributed by atoms with Crippen molar-refractivity contribution in [3.05, 3.63) is 195 Å². The van der Waals surface area contributed by atoms with Crippen molar-refractivity contribution in [1.29, 1.82) is 0 Å². The molecule has 2 heterocycles. The zero-order chi connectivity index (χ0) is 31.3. The van der Waals surface area contributed by atoms with Gasteiger partial charge in [0.15, 0.2) is 0 Å². The minimum atomic E-state index is -0.248. The minimum absolute atomic E-state index is 0.248. The Morgan fingerprint density at radius 2 is 1.60 bits per heavy atom. The molecule has 0 radical (unpaired) electrons. The Morgan fingerprint density at radius 3 is 2.51 bits per heavy atom. The van der Waals surface area contributed by atoms with Gasteiger partial charge >= 0.3 is 0 Å². The Bertz CT molecular complexity index is 2490. The van der Waals surface area contributed by atoms with Gasteiger partial charge in [-0.25, -0.2) is 0 Å². The lowest BCUT2D eigenvalue weighted by molar-refractivity contribution is 0.723. The van der Waals surface area contributed by atoms with Crippen molar-refractivity contribution in [2.45, 2.75) is 32.1 Å². The van der Waals surface area contributed by atoms with Gasteiger partial charge < -0.3 is 4.90 Å². The molecule has 1 nitrogen and oxygen atoms in total. The van der Waals surface area contributed by atoms with Crippen LogP contribution in [0.25, 0.3) is 31.7 Å². The molecule has 5 aromatic rings. The van der Waals surface area contributed by atoms with Crippen LogP contribution in [0, 0.1) is 6.92 Å². The molecule has 1 aromatic heterocycles. The van der Waals surface area contributed by atoms with Crippen LogP contribution < -0.4 is 4.90 Å². The lowest BCUT2D eigenvalue weighted by Gasteiger charge is -2.34. The Hall–Kier alpha value is -5.36. The molecule has 1 spiro atoms. The van der Waals surface area contributed by atoms with Gasteiger partial charge in [-0.1, -0.05) is 108 Å². The number of allylic oxidation sites excluding steroid dienone is 11. The lowest BCUT2D eigenvalue weighted by atomic mass is 9.67. The number of aryl methyl sites for hydroxylation is 1. The van der Waals surface area contributed by atoms with E-state index < -0.39 is 0 Å². The number of nitrogens with zero attached hydrogens (tertiary/aromatic N) is 1. The van der Waals surface area contributed by atoms with Crippen molar-refractivity contribution < 1.29 is 0 Å². The average molecular weight is 618 g/mol. The van der Waals surface area contributed by atoms with Crippen LogP contribution in [0.2, 0.25) is 0 Å². The maximum absolute atomic E-state index is 3.16. The van der Waals surface area contributed by atoms with Crippen molar-refractivity contribution in [2.24, 2.45) is 0 Å². The predicted molar refractivity (Wildman–Crippen MR) is 197 cm³/mol. The number of benzene rings is 4.